The Morgan fingerprint density at radius 3 is 2.52 bits per heavy atom. The lowest BCUT2D eigenvalue weighted by molar-refractivity contribution is -0.156. The fraction of sp³-hybridized carbons (Fsp3) is 0.682. The fourth-order valence-corrected chi connectivity index (χ4v) is 4.75. The third-order valence-corrected chi connectivity index (χ3v) is 11.2. The number of fused-ring (bicyclic) bond motifs is 2. The first-order valence-corrected chi connectivity index (χ1v) is 13.1. The van der Waals surface area contributed by atoms with Crippen LogP contribution in [0.3, 0.4) is 0 Å². The maximum atomic E-state index is 13.4. The van der Waals surface area contributed by atoms with Crippen molar-refractivity contribution in [2.24, 2.45) is 11.8 Å². The van der Waals surface area contributed by atoms with Crippen molar-refractivity contribution in [1.29, 1.82) is 0 Å². The van der Waals surface area contributed by atoms with E-state index >= 15 is 0 Å². The number of methoxy groups -OCH3 is 1. The number of likely N-dealkylation sites (tertiary alicyclic amines) is 1. The highest BCUT2D eigenvalue weighted by Crippen LogP contribution is 2.38. The van der Waals surface area contributed by atoms with Crippen molar-refractivity contribution in [3.05, 3.63) is 23.8 Å². The van der Waals surface area contributed by atoms with E-state index in [1.807, 2.05) is 6.92 Å². The molecular formula is C22H35NO5Si. The van der Waals surface area contributed by atoms with Gasteiger partial charge in [0.25, 0.3) is 0 Å². The van der Waals surface area contributed by atoms with Gasteiger partial charge in [0.15, 0.2) is 14.1 Å². The average molecular weight is 422 g/mol. The molecule has 0 spiro atoms. The predicted octanol–water partition coefficient (Wildman–Crippen LogP) is 3.49. The van der Waals surface area contributed by atoms with Crippen molar-refractivity contribution in [3.8, 4) is 0 Å². The second-order valence-electron chi connectivity index (χ2n) is 9.69. The number of ether oxygens (including phenoxy) is 1. The van der Waals surface area contributed by atoms with Crippen LogP contribution in [0.4, 0.5) is 0 Å². The SMILES string of the molecule is C=C1CN(C(=O)C(CCO[Si](C)(C)C(C)(C)C)C(=O)OC)C2CC1C(=O)C=C2C. The summed E-state index contributed by atoms with van der Waals surface area (Å²) in [6.07, 6.45) is 2.43. The monoisotopic (exact) mass is 421 g/mol. The molecule has 0 saturated carbocycles. The lowest BCUT2D eigenvalue weighted by Crippen LogP contribution is -2.54. The molecule has 7 heteroatoms. The number of ketones is 1. The average Bonchev–Trinajstić information content (AvgIpc) is 2.62. The summed E-state index contributed by atoms with van der Waals surface area (Å²) in [5.74, 6) is -1.91. The summed E-state index contributed by atoms with van der Waals surface area (Å²) in [6, 6.07) is -0.177. The van der Waals surface area contributed by atoms with Gasteiger partial charge >= 0.3 is 5.97 Å². The van der Waals surface area contributed by atoms with Gasteiger partial charge in [0, 0.05) is 19.1 Å². The van der Waals surface area contributed by atoms with Crippen molar-refractivity contribution in [2.45, 2.75) is 64.7 Å². The van der Waals surface area contributed by atoms with E-state index in [-0.39, 0.29) is 35.1 Å². The van der Waals surface area contributed by atoms with Crippen molar-refractivity contribution in [3.63, 3.8) is 0 Å². The molecule has 0 aromatic rings. The molecule has 0 radical (unpaired) electrons. The Labute approximate surface area is 175 Å². The molecule has 2 rings (SSSR count). The first-order valence-electron chi connectivity index (χ1n) is 10.2. The van der Waals surface area contributed by atoms with E-state index in [4.69, 9.17) is 9.16 Å². The summed E-state index contributed by atoms with van der Waals surface area (Å²) < 4.78 is 11.1. The molecule has 0 aromatic heterocycles. The highest BCUT2D eigenvalue weighted by molar-refractivity contribution is 6.74. The zero-order valence-corrected chi connectivity index (χ0v) is 19.8. The van der Waals surface area contributed by atoms with E-state index in [0.29, 0.717) is 19.6 Å². The van der Waals surface area contributed by atoms with E-state index in [9.17, 15) is 14.4 Å². The summed E-state index contributed by atoms with van der Waals surface area (Å²) in [7, 11) is -0.680. The fourth-order valence-electron chi connectivity index (χ4n) is 3.69. The van der Waals surface area contributed by atoms with E-state index in [2.05, 4.69) is 40.4 Å². The minimum atomic E-state index is -1.98. The Morgan fingerprint density at radius 1 is 1.34 bits per heavy atom. The molecule has 0 N–H and O–H groups in total. The van der Waals surface area contributed by atoms with Crippen molar-refractivity contribution < 1.29 is 23.5 Å². The molecule has 1 amide bonds. The molecule has 6 nitrogen and oxygen atoms in total. The first-order chi connectivity index (χ1) is 13.3. The van der Waals surface area contributed by atoms with Crippen LogP contribution < -0.4 is 0 Å². The van der Waals surface area contributed by atoms with Crippen molar-refractivity contribution >= 4 is 26.0 Å². The summed E-state index contributed by atoms with van der Waals surface area (Å²) in [4.78, 5) is 39.6. The smallest absolute Gasteiger partial charge is 0.318 e. The van der Waals surface area contributed by atoms with E-state index in [1.54, 1.807) is 11.0 Å². The molecule has 2 bridgehead atoms. The second-order valence-corrected chi connectivity index (χ2v) is 14.5. The molecule has 2 aliphatic rings. The second kappa shape index (κ2) is 8.56. The van der Waals surface area contributed by atoms with Crippen molar-refractivity contribution in [1.82, 2.24) is 4.90 Å². The van der Waals surface area contributed by atoms with Crippen LogP contribution in [0.25, 0.3) is 0 Å². The number of nitrogens with zero attached hydrogens (tertiary/aromatic N) is 1. The van der Waals surface area contributed by atoms with E-state index < -0.39 is 20.2 Å². The third kappa shape index (κ3) is 4.89. The normalized spacial score (nSPS) is 23.6. The summed E-state index contributed by atoms with van der Waals surface area (Å²) in [6.45, 7) is 17.2. The van der Waals surface area contributed by atoms with Crippen LogP contribution in [-0.4, -0.2) is 57.2 Å². The van der Waals surface area contributed by atoms with Gasteiger partial charge in [-0.25, -0.2) is 0 Å². The number of hydrogen-bond acceptors (Lipinski definition) is 5. The Morgan fingerprint density at radius 2 is 1.97 bits per heavy atom. The minimum absolute atomic E-state index is 0.0495. The zero-order chi connectivity index (χ0) is 22.1. The number of piperidine rings is 1. The summed E-state index contributed by atoms with van der Waals surface area (Å²) >= 11 is 0. The zero-order valence-electron chi connectivity index (χ0n) is 18.8. The highest BCUT2D eigenvalue weighted by Gasteiger charge is 2.44. The molecule has 1 aliphatic carbocycles. The van der Waals surface area contributed by atoms with Gasteiger partial charge in [-0.15, -0.1) is 0 Å². The van der Waals surface area contributed by atoms with Crippen LogP contribution in [-0.2, 0) is 23.5 Å². The lowest BCUT2D eigenvalue weighted by atomic mass is 9.76. The Hall–Kier alpha value is -1.73. The van der Waals surface area contributed by atoms with Gasteiger partial charge in [-0.05, 0) is 55.1 Å². The molecule has 0 aromatic carbocycles. The molecule has 3 atom stereocenters. The minimum Gasteiger partial charge on any atom is -0.468 e. The maximum absolute atomic E-state index is 13.4. The van der Waals surface area contributed by atoms with Gasteiger partial charge in [0.05, 0.1) is 13.2 Å². The molecule has 1 heterocycles. The predicted molar refractivity (Wildman–Crippen MR) is 115 cm³/mol. The van der Waals surface area contributed by atoms with Crippen LogP contribution in [0, 0.1) is 11.8 Å². The van der Waals surface area contributed by atoms with Gasteiger partial charge in [-0.2, -0.15) is 0 Å². The van der Waals surface area contributed by atoms with Gasteiger partial charge in [-0.3, -0.25) is 14.4 Å². The van der Waals surface area contributed by atoms with Gasteiger partial charge in [0.1, 0.15) is 5.92 Å². The molecule has 29 heavy (non-hydrogen) atoms. The summed E-state index contributed by atoms with van der Waals surface area (Å²) in [5, 5.41) is 0.0495. The molecule has 1 aliphatic heterocycles. The molecule has 3 unspecified atom stereocenters. The van der Waals surface area contributed by atoms with Crippen molar-refractivity contribution in [2.75, 3.05) is 20.3 Å². The molecule has 1 fully saturated rings. The Bertz CT molecular complexity index is 734. The van der Waals surface area contributed by atoms with Crippen LogP contribution in [0.2, 0.25) is 18.1 Å². The highest BCUT2D eigenvalue weighted by atomic mass is 28.4. The number of carbonyl (C=O) groups is 3. The van der Waals surface area contributed by atoms with Gasteiger partial charge in [-0.1, -0.05) is 27.4 Å². The Kier molecular flexibility index (Phi) is 6.95. The molecule has 1 saturated heterocycles. The van der Waals surface area contributed by atoms with Crippen LogP contribution in [0.5, 0.6) is 0 Å². The number of amides is 1. The lowest BCUT2D eigenvalue weighted by Gasteiger charge is -2.44. The van der Waals surface area contributed by atoms with Crippen LogP contribution >= 0.6 is 0 Å². The van der Waals surface area contributed by atoms with Crippen LogP contribution in [0.15, 0.2) is 23.8 Å². The van der Waals surface area contributed by atoms with E-state index in [1.165, 1.54) is 7.11 Å². The number of esters is 1. The molecule has 162 valence electrons. The molecular weight excluding hydrogens is 386 g/mol. The standard InChI is InChI=1S/C22H35NO5Si/c1-14-11-19(24)17-12-18(14)23(13-15(17)2)20(25)16(21(26)27-6)9-10-28-29(7,8)22(3,4)5/h11,16-18H,2,9-10,12-13H2,1,3-8H3. The number of allylic oxidation sites excluding steroid dienone is 1. The topological polar surface area (TPSA) is 72.9 Å². The third-order valence-electron chi connectivity index (χ3n) is 6.68. The largest absolute Gasteiger partial charge is 0.468 e. The van der Waals surface area contributed by atoms with Gasteiger partial charge in [0.2, 0.25) is 5.91 Å². The Balaban J connectivity index is 2.17. The maximum Gasteiger partial charge on any atom is 0.318 e. The number of hydrogen-bond donors (Lipinski definition) is 0. The quantitative estimate of drug-likeness (QED) is 0.284. The number of rotatable bonds is 6. The van der Waals surface area contributed by atoms with Crippen LogP contribution in [0.1, 0.15) is 40.5 Å². The van der Waals surface area contributed by atoms with Gasteiger partial charge < -0.3 is 14.1 Å². The van der Waals surface area contributed by atoms with E-state index in [0.717, 1.165) is 11.1 Å². The summed E-state index contributed by atoms with van der Waals surface area (Å²) in [5.41, 5.74) is 1.58. The first kappa shape index (κ1) is 23.5. The number of carbonyl (C=O) groups excluding carboxylic acids is 3.